The molecule has 0 N–H and O–H groups in total. The van der Waals surface area contributed by atoms with Gasteiger partial charge in [-0.25, -0.2) is 0 Å². The van der Waals surface area contributed by atoms with E-state index in [1.165, 1.54) is 0 Å². The highest BCUT2D eigenvalue weighted by Gasteiger charge is 2.42. The van der Waals surface area contributed by atoms with Gasteiger partial charge >= 0.3 is 0 Å². The van der Waals surface area contributed by atoms with Gasteiger partial charge in [0, 0.05) is 65.0 Å². The number of hydrogen-bond acceptors (Lipinski definition) is 4. The van der Waals surface area contributed by atoms with E-state index in [1.54, 1.807) is 0 Å². The van der Waals surface area contributed by atoms with Crippen LogP contribution in [-0.4, -0.2) is 86.4 Å². The van der Waals surface area contributed by atoms with Crippen molar-refractivity contribution in [1.82, 2.24) is 14.7 Å². The minimum atomic E-state index is -0.0802. The van der Waals surface area contributed by atoms with Crippen LogP contribution in [-0.2, 0) is 16.0 Å². The third-order valence-corrected chi connectivity index (χ3v) is 6.30. The van der Waals surface area contributed by atoms with Crippen LogP contribution in [0.2, 0.25) is 0 Å². The molecule has 0 aromatic heterocycles. The van der Waals surface area contributed by atoms with E-state index in [0.717, 1.165) is 50.3 Å². The van der Waals surface area contributed by atoms with Gasteiger partial charge in [-0.3, -0.25) is 14.5 Å². The Labute approximate surface area is 162 Å². The first-order chi connectivity index (χ1) is 12.8. The van der Waals surface area contributed by atoms with Crippen molar-refractivity contribution >= 4 is 17.5 Å². The second kappa shape index (κ2) is 7.89. The van der Waals surface area contributed by atoms with Gasteiger partial charge in [-0.1, -0.05) is 12.1 Å². The highest BCUT2D eigenvalue weighted by molar-refractivity contribution is 5.79. The van der Waals surface area contributed by atoms with Gasteiger partial charge in [0.05, 0.1) is 6.42 Å². The summed E-state index contributed by atoms with van der Waals surface area (Å²) in [5.74, 6) is 0.397. The lowest BCUT2D eigenvalue weighted by molar-refractivity contribution is -0.136. The number of carbonyl (C=O) groups is 2. The summed E-state index contributed by atoms with van der Waals surface area (Å²) in [6.45, 7) is 3.11. The van der Waals surface area contributed by atoms with Crippen molar-refractivity contribution in [2.24, 2.45) is 0 Å². The standard InChI is InChI=1S/C21H32N4O2/c1-22(2)18-7-5-17(6-8-18)15-20(27)25-14-13-24(4)21(16-25)10-9-19(26)23(3)12-11-21/h5-8H,9-16H2,1-4H3/t21-/m0/s1. The smallest absolute Gasteiger partial charge is 0.227 e. The molecule has 2 fully saturated rings. The molecule has 0 aliphatic carbocycles. The number of anilines is 1. The Balaban J connectivity index is 1.67. The molecule has 27 heavy (non-hydrogen) atoms. The first-order valence-electron chi connectivity index (χ1n) is 9.80. The molecule has 2 amide bonds. The molecule has 1 spiro atoms. The number of hydrogen-bond donors (Lipinski definition) is 0. The van der Waals surface area contributed by atoms with Crippen molar-refractivity contribution in [1.29, 1.82) is 0 Å². The van der Waals surface area contributed by atoms with Crippen molar-refractivity contribution in [3.8, 4) is 0 Å². The second-order valence-corrected chi connectivity index (χ2v) is 8.26. The quantitative estimate of drug-likeness (QED) is 0.806. The average molecular weight is 373 g/mol. The summed E-state index contributed by atoms with van der Waals surface area (Å²) in [6, 6.07) is 8.19. The molecule has 0 unspecified atom stereocenters. The highest BCUT2D eigenvalue weighted by Crippen LogP contribution is 2.32. The summed E-state index contributed by atoms with van der Waals surface area (Å²) < 4.78 is 0. The van der Waals surface area contributed by atoms with E-state index in [2.05, 4.69) is 29.0 Å². The number of likely N-dealkylation sites (tertiary alicyclic amines) is 1. The Kier molecular flexibility index (Phi) is 5.75. The molecule has 2 heterocycles. The van der Waals surface area contributed by atoms with Crippen LogP contribution in [0.5, 0.6) is 0 Å². The molecule has 3 rings (SSSR count). The van der Waals surface area contributed by atoms with Crippen LogP contribution >= 0.6 is 0 Å². The zero-order chi connectivity index (χ0) is 19.6. The summed E-state index contributed by atoms with van der Waals surface area (Å²) in [6.07, 6.45) is 2.75. The normalized spacial score (nSPS) is 24.2. The van der Waals surface area contributed by atoms with Crippen molar-refractivity contribution in [2.45, 2.75) is 31.2 Å². The number of amides is 2. The third-order valence-electron chi connectivity index (χ3n) is 6.30. The van der Waals surface area contributed by atoms with E-state index in [9.17, 15) is 9.59 Å². The van der Waals surface area contributed by atoms with E-state index in [-0.39, 0.29) is 17.4 Å². The van der Waals surface area contributed by atoms with Crippen molar-refractivity contribution in [3.05, 3.63) is 29.8 Å². The zero-order valence-corrected chi connectivity index (χ0v) is 17.1. The number of rotatable bonds is 3. The summed E-state index contributed by atoms with van der Waals surface area (Å²) in [5, 5.41) is 0. The molecule has 1 aromatic rings. The van der Waals surface area contributed by atoms with E-state index in [1.807, 2.05) is 43.1 Å². The Morgan fingerprint density at radius 3 is 2.44 bits per heavy atom. The first-order valence-corrected chi connectivity index (χ1v) is 9.80. The Morgan fingerprint density at radius 1 is 1.07 bits per heavy atom. The first kappa shape index (κ1) is 19.7. The number of nitrogens with zero attached hydrogens (tertiary/aromatic N) is 4. The molecule has 1 atom stereocenters. The van der Waals surface area contributed by atoms with Crippen LogP contribution in [0.1, 0.15) is 24.8 Å². The molecular formula is C21H32N4O2. The van der Waals surface area contributed by atoms with Crippen LogP contribution in [0.3, 0.4) is 0 Å². The average Bonchev–Trinajstić information content (AvgIpc) is 2.79. The van der Waals surface area contributed by atoms with Crippen LogP contribution in [0.15, 0.2) is 24.3 Å². The maximum absolute atomic E-state index is 13.0. The van der Waals surface area contributed by atoms with E-state index in [4.69, 9.17) is 0 Å². The van der Waals surface area contributed by atoms with Crippen LogP contribution in [0, 0.1) is 0 Å². The predicted octanol–water partition coefficient (Wildman–Crippen LogP) is 1.45. The summed E-state index contributed by atoms with van der Waals surface area (Å²) in [4.78, 5) is 33.3. The van der Waals surface area contributed by atoms with Gasteiger partial charge < -0.3 is 14.7 Å². The predicted molar refractivity (Wildman–Crippen MR) is 108 cm³/mol. The number of piperazine rings is 1. The number of likely N-dealkylation sites (N-methyl/N-ethyl adjacent to an activating group) is 1. The zero-order valence-electron chi connectivity index (χ0n) is 17.1. The fourth-order valence-corrected chi connectivity index (χ4v) is 4.17. The van der Waals surface area contributed by atoms with Gasteiger partial charge in [0.15, 0.2) is 0 Å². The molecule has 6 nitrogen and oxygen atoms in total. The minimum absolute atomic E-state index is 0.0802. The lowest BCUT2D eigenvalue weighted by atomic mass is 9.86. The molecule has 0 saturated carbocycles. The SMILES string of the molecule is CN1CC[C@@]2(CCC1=O)CN(C(=O)Cc1ccc(N(C)C)cc1)CCN2C. The van der Waals surface area contributed by atoms with E-state index in [0.29, 0.717) is 12.8 Å². The molecule has 148 valence electrons. The van der Waals surface area contributed by atoms with Crippen LogP contribution < -0.4 is 4.90 Å². The maximum atomic E-state index is 13.0. The van der Waals surface area contributed by atoms with Gasteiger partial charge in [0.2, 0.25) is 11.8 Å². The monoisotopic (exact) mass is 372 g/mol. The lowest BCUT2D eigenvalue weighted by Crippen LogP contribution is -2.62. The van der Waals surface area contributed by atoms with E-state index < -0.39 is 0 Å². The molecule has 6 heteroatoms. The molecule has 1 aromatic carbocycles. The van der Waals surface area contributed by atoms with Crippen molar-refractivity contribution < 1.29 is 9.59 Å². The van der Waals surface area contributed by atoms with Crippen molar-refractivity contribution in [2.75, 3.05) is 59.3 Å². The molecule has 2 aliphatic rings. The highest BCUT2D eigenvalue weighted by atomic mass is 16.2. The lowest BCUT2D eigenvalue weighted by Gasteiger charge is -2.49. The molecule has 0 radical (unpaired) electrons. The van der Waals surface area contributed by atoms with Gasteiger partial charge in [-0.15, -0.1) is 0 Å². The summed E-state index contributed by atoms with van der Waals surface area (Å²) >= 11 is 0. The largest absolute Gasteiger partial charge is 0.378 e. The summed E-state index contributed by atoms with van der Waals surface area (Å²) in [5.41, 5.74) is 2.11. The van der Waals surface area contributed by atoms with Crippen LogP contribution in [0.4, 0.5) is 5.69 Å². The third kappa shape index (κ3) is 4.26. The Morgan fingerprint density at radius 2 is 1.78 bits per heavy atom. The fraction of sp³-hybridized carbons (Fsp3) is 0.619. The minimum Gasteiger partial charge on any atom is -0.378 e. The summed E-state index contributed by atoms with van der Waals surface area (Å²) in [7, 11) is 8.04. The van der Waals surface area contributed by atoms with Crippen LogP contribution in [0.25, 0.3) is 0 Å². The van der Waals surface area contributed by atoms with E-state index >= 15 is 0 Å². The van der Waals surface area contributed by atoms with Gasteiger partial charge in [-0.2, -0.15) is 0 Å². The number of carbonyl (C=O) groups excluding carboxylic acids is 2. The molecule has 2 saturated heterocycles. The molecule has 2 aliphatic heterocycles. The number of benzene rings is 1. The van der Waals surface area contributed by atoms with Gasteiger partial charge in [0.1, 0.15) is 0 Å². The van der Waals surface area contributed by atoms with Gasteiger partial charge in [-0.05, 0) is 37.6 Å². The van der Waals surface area contributed by atoms with Gasteiger partial charge in [0.25, 0.3) is 0 Å². The fourth-order valence-electron chi connectivity index (χ4n) is 4.17. The topological polar surface area (TPSA) is 47.1 Å². The van der Waals surface area contributed by atoms with Crippen molar-refractivity contribution in [3.63, 3.8) is 0 Å². The molecule has 0 bridgehead atoms. The Bertz CT molecular complexity index is 688. The maximum Gasteiger partial charge on any atom is 0.227 e. The Hall–Kier alpha value is -2.08. The second-order valence-electron chi connectivity index (χ2n) is 8.26. The molecular weight excluding hydrogens is 340 g/mol.